The number of amides is 1. The molecule has 0 atom stereocenters. The van der Waals surface area contributed by atoms with Crippen molar-refractivity contribution in [2.24, 2.45) is 0 Å². The number of phenols is 2. The van der Waals surface area contributed by atoms with Gasteiger partial charge in [0, 0.05) is 25.7 Å². The van der Waals surface area contributed by atoms with Crippen LogP contribution in [-0.4, -0.2) is 49.4 Å². The van der Waals surface area contributed by atoms with E-state index < -0.39 is 0 Å². The van der Waals surface area contributed by atoms with Crippen molar-refractivity contribution >= 4 is 27.8 Å². The summed E-state index contributed by atoms with van der Waals surface area (Å²) < 4.78 is 1.49. The van der Waals surface area contributed by atoms with Crippen molar-refractivity contribution in [3.8, 4) is 28.4 Å². The fourth-order valence-corrected chi connectivity index (χ4v) is 3.75. The van der Waals surface area contributed by atoms with Crippen molar-refractivity contribution in [1.29, 1.82) is 0 Å². The summed E-state index contributed by atoms with van der Waals surface area (Å²) in [7, 11) is 3.34. The molecule has 8 heteroatoms. The van der Waals surface area contributed by atoms with E-state index in [1.165, 1.54) is 21.7 Å². The quantitative estimate of drug-likeness (QED) is 0.494. The smallest absolute Gasteiger partial charge is 0.287 e. The minimum absolute atomic E-state index is 0.0598. The summed E-state index contributed by atoms with van der Waals surface area (Å²) in [5.74, 6) is -0.206. The van der Waals surface area contributed by atoms with Crippen LogP contribution in [0.5, 0.6) is 11.5 Å². The number of nitrogens with zero attached hydrogens (tertiary/aromatic N) is 4. The Hall–Kier alpha value is -3.52. The summed E-state index contributed by atoms with van der Waals surface area (Å²) in [6.45, 7) is 0. The molecule has 0 fully saturated rings. The molecule has 0 spiro atoms. The van der Waals surface area contributed by atoms with Crippen molar-refractivity contribution in [1.82, 2.24) is 19.9 Å². The molecule has 4 aromatic rings. The van der Waals surface area contributed by atoms with E-state index in [0.29, 0.717) is 16.4 Å². The van der Waals surface area contributed by atoms with Crippen LogP contribution in [0.3, 0.4) is 0 Å². The number of carbonyl (C=O) groups is 1. The minimum Gasteiger partial charge on any atom is -0.508 e. The van der Waals surface area contributed by atoms with Crippen LogP contribution in [0.2, 0.25) is 0 Å². The first-order chi connectivity index (χ1) is 14.0. The summed E-state index contributed by atoms with van der Waals surface area (Å²) >= 11 is 0.968. The molecule has 146 valence electrons. The Labute approximate surface area is 171 Å². The zero-order chi connectivity index (χ0) is 20.5. The first kappa shape index (κ1) is 18.8. The van der Waals surface area contributed by atoms with Crippen LogP contribution in [0.25, 0.3) is 27.7 Å². The van der Waals surface area contributed by atoms with Crippen LogP contribution in [0.15, 0.2) is 65.7 Å². The van der Waals surface area contributed by atoms with Crippen LogP contribution in [0.1, 0.15) is 0 Å². The fourth-order valence-electron chi connectivity index (χ4n) is 3.03. The predicted molar refractivity (Wildman–Crippen MR) is 113 cm³/mol. The van der Waals surface area contributed by atoms with E-state index in [0.717, 1.165) is 28.1 Å². The molecule has 4 rings (SSSR count). The molecular formula is C21H18N4O3S. The number of hydrogen-bond donors (Lipinski definition) is 2. The van der Waals surface area contributed by atoms with Gasteiger partial charge in [0.25, 0.3) is 5.24 Å². The largest absolute Gasteiger partial charge is 0.508 e. The Balaban J connectivity index is 1.98. The number of hydrogen-bond acceptors (Lipinski definition) is 6. The number of rotatable bonds is 3. The summed E-state index contributed by atoms with van der Waals surface area (Å²) in [6, 6.07) is 18.0. The zero-order valence-electron chi connectivity index (χ0n) is 15.8. The molecule has 0 aliphatic carbocycles. The van der Waals surface area contributed by atoms with Gasteiger partial charge in [-0.05, 0) is 34.7 Å². The number of carbonyl (C=O) groups excluding carboxylic acids is 1. The lowest BCUT2D eigenvalue weighted by Crippen LogP contribution is -2.16. The highest BCUT2D eigenvalue weighted by Crippen LogP contribution is 2.38. The van der Waals surface area contributed by atoms with Gasteiger partial charge in [-0.3, -0.25) is 4.79 Å². The van der Waals surface area contributed by atoms with Gasteiger partial charge in [-0.15, -0.1) is 5.10 Å². The summed E-state index contributed by atoms with van der Waals surface area (Å²) in [5, 5.41) is 30.7. The third-order valence-electron chi connectivity index (χ3n) is 4.42. The van der Waals surface area contributed by atoms with Crippen LogP contribution in [0.4, 0.5) is 4.79 Å². The van der Waals surface area contributed by atoms with Gasteiger partial charge in [0.05, 0.1) is 0 Å². The molecule has 7 nitrogen and oxygen atoms in total. The molecule has 0 saturated heterocycles. The van der Waals surface area contributed by atoms with Gasteiger partial charge in [0.1, 0.15) is 22.9 Å². The number of thioether (sulfide) groups is 1. The highest BCUT2D eigenvalue weighted by Gasteiger charge is 2.23. The third kappa shape index (κ3) is 3.50. The monoisotopic (exact) mass is 406 g/mol. The van der Waals surface area contributed by atoms with Crippen molar-refractivity contribution in [2.45, 2.75) is 5.03 Å². The Bertz CT molecular complexity index is 1210. The zero-order valence-corrected chi connectivity index (χ0v) is 16.6. The van der Waals surface area contributed by atoms with Gasteiger partial charge < -0.3 is 15.1 Å². The molecular weight excluding hydrogens is 388 g/mol. The molecule has 0 aliphatic heterocycles. The number of phenolic OH excluding ortho intramolecular Hbond substituents is 2. The highest BCUT2D eigenvalue weighted by molar-refractivity contribution is 8.13. The molecule has 0 aliphatic rings. The normalized spacial score (nSPS) is 11.0. The summed E-state index contributed by atoms with van der Waals surface area (Å²) in [4.78, 5) is 13.8. The predicted octanol–water partition coefficient (Wildman–Crippen LogP) is 4.27. The van der Waals surface area contributed by atoms with Crippen molar-refractivity contribution < 1.29 is 15.0 Å². The van der Waals surface area contributed by atoms with Gasteiger partial charge in [-0.1, -0.05) is 47.7 Å². The Morgan fingerprint density at radius 1 is 1.03 bits per heavy atom. The molecule has 0 saturated carbocycles. The third-order valence-corrected chi connectivity index (χ3v) is 5.43. The molecule has 0 unspecified atom stereocenters. The van der Waals surface area contributed by atoms with E-state index >= 15 is 0 Å². The maximum absolute atomic E-state index is 12.3. The first-order valence-electron chi connectivity index (χ1n) is 8.81. The molecule has 1 amide bonds. The van der Waals surface area contributed by atoms with E-state index in [-0.39, 0.29) is 16.7 Å². The topological polar surface area (TPSA) is 91.5 Å². The maximum Gasteiger partial charge on any atom is 0.287 e. The average Bonchev–Trinajstić information content (AvgIpc) is 3.10. The Morgan fingerprint density at radius 2 is 1.79 bits per heavy atom. The van der Waals surface area contributed by atoms with E-state index in [9.17, 15) is 15.0 Å². The fraction of sp³-hybridized carbons (Fsp3) is 0.0952. The van der Waals surface area contributed by atoms with Gasteiger partial charge in [-0.25, -0.2) is 4.68 Å². The number of aromatic nitrogens is 3. The SMILES string of the molecule is CN(C)C(=O)Sc1nnn(-c2ccc(O)cc2O)c1-c1cccc2ccccc12. The van der Waals surface area contributed by atoms with Gasteiger partial charge in [0.2, 0.25) is 0 Å². The van der Waals surface area contributed by atoms with E-state index in [4.69, 9.17) is 0 Å². The molecule has 1 heterocycles. The van der Waals surface area contributed by atoms with Crippen LogP contribution < -0.4 is 0 Å². The van der Waals surface area contributed by atoms with E-state index in [1.807, 2.05) is 42.5 Å². The molecule has 0 bridgehead atoms. The molecule has 0 radical (unpaired) electrons. The highest BCUT2D eigenvalue weighted by atomic mass is 32.2. The van der Waals surface area contributed by atoms with Gasteiger partial charge >= 0.3 is 0 Å². The minimum atomic E-state index is -0.187. The lowest BCUT2D eigenvalue weighted by Gasteiger charge is -2.13. The standard InChI is InChI=1S/C21H18N4O3S/c1-24(2)21(28)29-20-19(16-9-5-7-13-6-3-4-8-15(13)16)25(23-22-20)17-11-10-14(26)12-18(17)27/h3-12,26-27H,1-2H3. The summed E-state index contributed by atoms with van der Waals surface area (Å²) in [5.41, 5.74) is 1.76. The second-order valence-corrected chi connectivity index (χ2v) is 7.56. The maximum atomic E-state index is 12.3. The Morgan fingerprint density at radius 3 is 2.55 bits per heavy atom. The molecule has 3 aromatic carbocycles. The van der Waals surface area contributed by atoms with Gasteiger partial charge in [0.15, 0.2) is 5.03 Å². The van der Waals surface area contributed by atoms with Crippen LogP contribution in [0, 0.1) is 0 Å². The van der Waals surface area contributed by atoms with Gasteiger partial charge in [-0.2, -0.15) is 0 Å². The summed E-state index contributed by atoms with van der Waals surface area (Å²) in [6.07, 6.45) is 0. The molecule has 1 aromatic heterocycles. The average molecular weight is 406 g/mol. The Kier molecular flexibility index (Phi) is 4.85. The van der Waals surface area contributed by atoms with Crippen molar-refractivity contribution in [2.75, 3.05) is 14.1 Å². The van der Waals surface area contributed by atoms with Crippen LogP contribution in [-0.2, 0) is 0 Å². The van der Waals surface area contributed by atoms with Crippen LogP contribution >= 0.6 is 11.8 Å². The lowest BCUT2D eigenvalue weighted by atomic mass is 10.0. The first-order valence-corrected chi connectivity index (χ1v) is 9.62. The second kappa shape index (κ2) is 7.48. The van der Waals surface area contributed by atoms with E-state index in [1.54, 1.807) is 20.2 Å². The molecule has 2 N–H and O–H groups in total. The van der Waals surface area contributed by atoms with E-state index in [2.05, 4.69) is 10.3 Å². The number of benzene rings is 3. The second-order valence-electron chi connectivity index (χ2n) is 6.62. The van der Waals surface area contributed by atoms with Crippen molar-refractivity contribution in [3.05, 3.63) is 60.7 Å². The lowest BCUT2D eigenvalue weighted by molar-refractivity contribution is 0.241. The number of fused-ring (bicyclic) bond motifs is 1. The number of aromatic hydroxyl groups is 2. The molecule has 29 heavy (non-hydrogen) atoms. The van der Waals surface area contributed by atoms with Crippen molar-refractivity contribution in [3.63, 3.8) is 0 Å².